The van der Waals surface area contributed by atoms with Crippen molar-refractivity contribution < 1.29 is 14.3 Å². The summed E-state index contributed by atoms with van der Waals surface area (Å²) in [6.45, 7) is 0. The van der Waals surface area contributed by atoms with Crippen LogP contribution < -0.4 is 4.74 Å². The molecule has 0 N–H and O–H groups in total. The number of nitroso groups, excluding NO2 is 1. The molecule has 1 unspecified atom stereocenters. The third kappa shape index (κ3) is 4.50. The highest BCUT2D eigenvalue weighted by atomic mass is 16.7. The summed E-state index contributed by atoms with van der Waals surface area (Å²) in [6.07, 6.45) is 8.23. The smallest absolute Gasteiger partial charge is 0.426 e. The summed E-state index contributed by atoms with van der Waals surface area (Å²) in [6, 6.07) is 5.97. The van der Waals surface area contributed by atoms with Crippen LogP contribution in [0, 0.1) is 4.91 Å². The first kappa shape index (κ1) is 14.2. The van der Waals surface area contributed by atoms with Crippen molar-refractivity contribution in [2.75, 3.05) is 0 Å². The number of nitrogens with zero attached hydrogens (tertiary/aromatic N) is 1. The first-order valence-electron chi connectivity index (χ1n) is 6.76. The van der Waals surface area contributed by atoms with Crippen LogP contribution >= 0.6 is 0 Å². The fraction of sp³-hybridized carbons (Fsp3) is 0.400. The Labute approximate surface area is 117 Å². The third-order valence-corrected chi connectivity index (χ3v) is 3.10. The van der Waals surface area contributed by atoms with Crippen LogP contribution in [0.5, 0.6) is 5.75 Å². The minimum Gasteiger partial charge on any atom is -0.426 e. The molecule has 106 valence electrons. The second kappa shape index (κ2) is 7.43. The molecule has 5 nitrogen and oxygen atoms in total. The van der Waals surface area contributed by atoms with E-state index < -0.39 is 6.16 Å². The molecule has 5 heteroatoms. The summed E-state index contributed by atoms with van der Waals surface area (Å²) in [5, 5.41) is 2.77. The molecule has 0 fully saturated rings. The lowest BCUT2D eigenvalue weighted by molar-refractivity contribution is 0.0717. The Morgan fingerprint density at radius 1 is 1.15 bits per heavy atom. The summed E-state index contributed by atoms with van der Waals surface area (Å²) in [5.41, 5.74) is 0.286. The number of carbonyl (C=O) groups is 1. The Kier molecular flexibility index (Phi) is 5.29. The van der Waals surface area contributed by atoms with Gasteiger partial charge in [-0.3, -0.25) is 0 Å². The molecule has 0 spiro atoms. The lowest BCUT2D eigenvalue weighted by Crippen LogP contribution is -2.19. The molecule has 1 aromatic rings. The van der Waals surface area contributed by atoms with Crippen molar-refractivity contribution in [3.8, 4) is 5.75 Å². The minimum atomic E-state index is -0.730. The van der Waals surface area contributed by atoms with Crippen molar-refractivity contribution in [2.45, 2.75) is 38.2 Å². The van der Waals surface area contributed by atoms with E-state index in [1.54, 1.807) is 0 Å². The fourth-order valence-electron chi connectivity index (χ4n) is 2.05. The van der Waals surface area contributed by atoms with Gasteiger partial charge >= 0.3 is 6.16 Å². The highest BCUT2D eigenvalue weighted by Gasteiger charge is 2.14. The van der Waals surface area contributed by atoms with Gasteiger partial charge in [0.25, 0.3) is 0 Å². The zero-order chi connectivity index (χ0) is 14.2. The molecular weight excluding hydrogens is 258 g/mol. The molecule has 2 rings (SSSR count). The van der Waals surface area contributed by atoms with E-state index in [2.05, 4.69) is 5.18 Å². The van der Waals surface area contributed by atoms with Crippen molar-refractivity contribution in [1.29, 1.82) is 0 Å². The lowest BCUT2D eigenvalue weighted by Gasteiger charge is -2.15. The molecule has 0 saturated carbocycles. The van der Waals surface area contributed by atoms with Crippen molar-refractivity contribution in [1.82, 2.24) is 0 Å². The Morgan fingerprint density at radius 3 is 2.70 bits per heavy atom. The maximum atomic E-state index is 11.7. The first-order valence-corrected chi connectivity index (χ1v) is 6.76. The fourth-order valence-corrected chi connectivity index (χ4v) is 2.05. The lowest BCUT2D eigenvalue weighted by atomic mass is 10.0. The van der Waals surface area contributed by atoms with Gasteiger partial charge in [0.2, 0.25) is 0 Å². The molecule has 0 bridgehead atoms. The number of carbonyl (C=O) groups excluding carboxylic acids is 1. The van der Waals surface area contributed by atoms with Crippen molar-refractivity contribution >= 4 is 11.8 Å². The van der Waals surface area contributed by atoms with E-state index in [-0.39, 0.29) is 11.8 Å². The number of allylic oxidation sites excluding steroid dienone is 1. The highest BCUT2D eigenvalue weighted by molar-refractivity contribution is 5.64. The molecular formula is C15H17NO4. The Morgan fingerprint density at radius 2 is 1.95 bits per heavy atom. The van der Waals surface area contributed by atoms with Gasteiger partial charge in [0.1, 0.15) is 17.5 Å². The Bertz CT molecular complexity index is 481. The van der Waals surface area contributed by atoms with Crippen LogP contribution in [0.3, 0.4) is 0 Å². The second-order valence-corrected chi connectivity index (χ2v) is 4.66. The van der Waals surface area contributed by atoms with E-state index in [4.69, 9.17) is 9.47 Å². The van der Waals surface area contributed by atoms with Gasteiger partial charge in [-0.05, 0) is 61.2 Å². The summed E-state index contributed by atoms with van der Waals surface area (Å²) in [5.74, 6) is 0.331. The summed E-state index contributed by atoms with van der Waals surface area (Å²) in [7, 11) is 0. The number of rotatable bonds is 3. The van der Waals surface area contributed by atoms with Gasteiger partial charge in [-0.25, -0.2) is 4.79 Å². The van der Waals surface area contributed by atoms with Gasteiger partial charge in [0.05, 0.1) is 0 Å². The number of ether oxygens (including phenoxy) is 2. The number of hydrogen-bond donors (Lipinski definition) is 0. The van der Waals surface area contributed by atoms with Gasteiger partial charge in [0, 0.05) is 0 Å². The Hall–Kier alpha value is -2.17. The molecule has 0 radical (unpaired) electrons. The number of hydrogen-bond acceptors (Lipinski definition) is 5. The predicted octanol–water partition coefficient (Wildman–Crippen LogP) is 4.49. The van der Waals surface area contributed by atoms with Gasteiger partial charge in [-0.1, -0.05) is 12.5 Å². The van der Waals surface area contributed by atoms with Crippen LogP contribution in [0.15, 0.2) is 41.6 Å². The summed E-state index contributed by atoms with van der Waals surface area (Å²) < 4.78 is 10.3. The van der Waals surface area contributed by atoms with Crippen molar-refractivity contribution in [3.05, 3.63) is 41.3 Å². The van der Waals surface area contributed by atoms with Crippen LogP contribution in [-0.4, -0.2) is 12.3 Å². The average molecular weight is 275 g/mol. The van der Waals surface area contributed by atoms with E-state index in [9.17, 15) is 9.70 Å². The van der Waals surface area contributed by atoms with Gasteiger partial charge in [-0.2, -0.15) is 0 Å². The zero-order valence-corrected chi connectivity index (χ0v) is 11.2. The molecule has 0 aromatic heterocycles. The maximum Gasteiger partial charge on any atom is 0.514 e. The topological polar surface area (TPSA) is 65.0 Å². The second-order valence-electron chi connectivity index (χ2n) is 4.66. The molecule has 1 atom stereocenters. The van der Waals surface area contributed by atoms with Crippen molar-refractivity contribution in [2.24, 2.45) is 5.18 Å². The third-order valence-electron chi connectivity index (χ3n) is 3.10. The van der Waals surface area contributed by atoms with Crippen molar-refractivity contribution in [3.63, 3.8) is 0 Å². The molecule has 0 aliphatic heterocycles. The van der Waals surface area contributed by atoms with Gasteiger partial charge < -0.3 is 9.47 Å². The minimum absolute atomic E-state index is 0.223. The van der Waals surface area contributed by atoms with E-state index in [0.29, 0.717) is 5.75 Å². The van der Waals surface area contributed by atoms with Crippen LogP contribution in [0.4, 0.5) is 10.5 Å². The number of benzene rings is 1. The molecule has 20 heavy (non-hydrogen) atoms. The normalized spacial score (nSPS) is 20.3. The first-order chi connectivity index (χ1) is 9.78. The van der Waals surface area contributed by atoms with E-state index in [0.717, 1.165) is 25.7 Å². The SMILES string of the molecule is O=Nc1ccc(OC(=O)OC2/C=C\CCCCC2)cc1. The predicted molar refractivity (Wildman–Crippen MR) is 75.0 cm³/mol. The molecule has 1 aliphatic carbocycles. The van der Waals surface area contributed by atoms with Gasteiger partial charge in [0.15, 0.2) is 0 Å². The maximum absolute atomic E-state index is 11.7. The van der Waals surface area contributed by atoms with Crippen LogP contribution in [0.1, 0.15) is 32.1 Å². The summed E-state index contributed by atoms with van der Waals surface area (Å²) in [4.78, 5) is 21.9. The van der Waals surface area contributed by atoms with Crippen LogP contribution in [0.2, 0.25) is 0 Å². The molecule has 0 saturated heterocycles. The monoisotopic (exact) mass is 275 g/mol. The van der Waals surface area contributed by atoms with Gasteiger partial charge in [-0.15, -0.1) is 4.91 Å². The highest BCUT2D eigenvalue weighted by Crippen LogP contribution is 2.19. The van der Waals surface area contributed by atoms with E-state index >= 15 is 0 Å². The quantitative estimate of drug-likeness (QED) is 0.353. The Balaban J connectivity index is 1.87. The zero-order valence-electron chi connectivity index (χ0n) is 11.2. The van der Waals surface area contributed by atoms with Crippen LogP contribution in [-0.2, 0) is 4.74 Å². The molecule has 0 amide bonds. The molecule has 1 aromatic carbocycles. The van der Waals surface area contributed by atoms with E-state index in [1.807, 2.05) is 12.2 Å². The largest absolute Gasteiger partial charge is 0.514 e. The standard InChI is InChI=1S/C15H17NO4/c17-15(19-13-6-4-2-1-3-5-7-13)20-14-10-8-12(16-18)9-11-14/h4,6,8-11,13H,1-3,5,7H2/b6-4-. The van der Waals surface area contributed by atoms with Crippen LogP contribution in [0.25, 0.3) is 0 Å². The molecule has 1 aliphatic rings. The van der Waals surface area contributed by atoms with E-state index in [1.165, 1.54) is 30.7 Å². The average Bonchev–Trinajstić information content (AvgIpc) is 2.42. The summed E-state index contributed by atoms with van der Waals surface area (Å²) >= 11 is 0. The molecule has 0 heterocycles.